The van der Waals surface area contributed by atoms with Crippen molar-refractivity contribution >= 4 is 25.4 Å². The normalized spacial score (nSPS) is 22.6. The fraction of sp³-hybridized carbons (Fsp3) is 0.912. The minimum atomic E-state index is -4.39. The van der Waals surface area contributed by atoms with Crippen molar-refractivity contribution in [2.45, 2.75) is 140 Å². The molecule has 2 amide bonds. The maximum Gasteiger partial charge on any atom is 0.331 e. The van der Waals surface area contributed by atoms with E-state index in [0.717, 1.165) is 12.8 Å². The minimum absolute atomic E-state index is 0.0531. The summed E-state index contributed by atoms with van der Waals surface area (Å²) in [4.78, 5) is 57.0. The second-order valence-corrected chi connectivity index (χ2v) is 15.1. The first kappa shape index (κ1) is 50.2. The van der Waals surface area contributed by atoms with Crippen LogP contribution in [0.1, 0.15) is 85.0 Å². The molecule has 1 fully saturated rings. The van der Waals surface area contributed by atoms with Crippen LogP contribution in [0.5, 0.6) is 0 Å². The summed E-state index contributed by atoms with van der Waals surface area (Å²) >= 11 is 0. The third-order valence-electron chi connectivity index (χ3n) is 8.56. The van der Waals surface area contributed by atoms with E-state index in [1.807, 2.05) is 0 Å². The quantitative estimate of drug-likeness (QED) is 0.0236. The molecule has 1 heterocycles. The number of carbonyl (C=O) groups is 3. The van der Waals surface area contributed by atoms with Crippen molar-refractivity contribution in [1.82, 2.24) is 10.6 Å². The van der Waals surface area contributed by atoms with Gasteiger partial charge in [-0.1, -0.05) is 51.9 Å². The van der Waals surface area contributed by atoms with Gasteiger partial charge < -0.3 is 74.4 Å². The van der Waals surface area contributed by atoms with Crippen LogP contribution in [0.4, 0.5) is 0 Å². The standard InChI is InChI=1S/C34H65N2O17P/c1-4-5-6-7-8-9-10-11-14-48-15-16-49-17-18-50-19-20-51-33(44)27(23(2)52-34-31(42)30(41)29(40)24(3)53-34)36-32(43)28(25(38)22-37)35-26(39)13-12-21-54(45,46)47/h23-25,27-31,34,37-38,40-42H,4-22H2,1-3H3,(H,35,39)(H,36,43)(H2,45,46,47)/t23-,24+,25+,27+,28+,29-,30-,31+,34-/m1/s1. The SMILES string of the molecule is CCCCCCCCCCOCCOCCOCCOC(=O)[C@@H](NC(=O)[C@@H](NC(=O)CCCP(=O)(O)O)[C@@H](O)CO)[C@@H](C)O[C@@H]1O[C@@H](C)[C@@H](O)[C@@H](O)[C@@H]1O. The summed E-state index contributed by atoms with van der Waals surface area (Å²) in [6, 6.07) is -3.51. The molecule has 0 aromatic heterocycles. The number of nitrogens with one attached hydrogen (secondary N) is 2. The lowest BCUT2D eigenvalue weighted by molar-refractivity contribution is -0.304. The summed E-state index contributed by atoms with van der Waals surface area (Å²) < 4.78 is 44.0. The van der Waals surface area contributed by atoms with Crippen LogP contribution in [0.3, 0.4) is 0 Å². The summed E-state index contributed by atoms with van der Waals surface area (Å²) in [5, 5.41) is 54.9. The Hall–Kier alpha value is -1.84. The number of carbonyl (C=O) groups excluding carboxylic acids is 3. The number of hydrogen-bond acceptors (Lipinski definition) is 15. The Morgan fingerprint density at radius 3 is 1.89 bits per heavy atom. The zero-order valence-electron chi connectivity index (χ0n) is 31.8. The van der Waals surface area contributed by atoms with Gasteiger partial charge >= 0.3 is 13.6 Å². The molecule has 54 heavy (non-hydrogen) atoms. The van der Waals surface area contributed by atoms with Crippen molar-refractivity contribution in [2.75, 3.05) is 59.0 Å². The molecule has 20 heteroatoms. The van der Waals surface area contributed by atoms with Gasteiger partial charge in [0.2, 0.25) is 11.8 Å². The number of amides is 2. The Labute approximate surface area is 317 Å². The summed E-state index contributed by atoms with van der Waals surface area (Å²) in [6.45, 7) is 5.58. The van der Waals surface area contributed by atoms with E-state index >= 15 is 0 Å². The van der Waals surface area contributed by atoms with E-state index in [-0.39, 0.29) is 32.8 Å². The van der Waals surface area contributed by atoms with E-state index in [2.05, 4.69) is 17.6 Å². The number of aliphatic hydroxyl groups excluding tert-OH is 5. The number of ether oxygens (including phenoxy) is 6. The van der Waals surface area contributed by atoms with Crippen molar-refractivity contribution in [3.05, 3.63) is 0 Å². The topological polar surface area (TPSA) is 289 Å². The van der Waals surface area contributed by atoms with Gasteiger partial charge in [0.15, 0.2) is 12.3 Å². The largest absolute Gasteiger partial charge is 0.462 e. The molecule has 0 spiro atoms. The minimum Gasteiger partial charge on any atom is -0.462 e. The van der Waals surface area contributed by atoms with Gasteiger partial charge in [-0.25, -0.2) is 4.79 Å². The lowest BCUT2D eigenvalue weighted by Gasteiger charge is -2.40. The summed E-state index contributed by atoms with van der Waals surface area (Å²) in [7, 11) is -4.39. The highest BCUT2D eigenvalue weighted by Gasteiger charge is 2.45. The van der Waals surface area contributed by atoms with E-state index in [1.54, 1.807) is 0 Å². The van der Waals surface area contributed by atoms with Gasteiger partial charge in [0.25, 0.3) is 0 Å². The molecule has 1 rings (SSSR count). The maximum atomic E-state index is 13.3. The molecule has 9 atom stereocenters. The average Bonchev–Trinajstić information content (AvgIpc) is 3.12. The molecule has 0 saturated carbocycles. The molecule has 0 aromatic carbocycles. The van der Waals surface area contributed by atoms with Gasteiger partial charge in [-0.3, -0.25) is 14.2 Å². The monoisotopic (exact) mass is 804 g/mol. The molecule has 1 saturated heterocycles. The van der Waals surface area contributed by atoms with E-state index < -0.39 is 99.6 Å². The molecule has 318 valence electrons. The van der Waals surface area contributed by atoms with Crippen LogP contribution in [0.2, 0.25) is 0 Å². The van der Waals surface area contributed by atoms with E-state index in [0.29, 0.717) is 19.8 Å². The first-order chi connectivity index (χ1) is 25.6. The number of unbranched alkanes of at least 4 members (excludes halogenated alkanes) is 7. The van der Waals surface area contributed by atoms with Gasteiger partial charge in [-0.15, -0.1) is 0 Å². The molecular formula is C34H65N2O17P. The van der Waals surface area contributed by atoms with Crippen LogP contribution in [0.25, 0.3) is 0 Å². The highest BCUT2D eigenvalue weighted by molar-refractivity contribution is 7.51. The molecule has 0 unspecified atom stereocenters. The fourth-order valence-electron chi connectivity index (χ4n) is 5.33. The van der Waals surface area contributed by atoms with E-state index in [9.17, 15) is 44.5 Å². The third kappa shape index (κ3) is 21.5. The van der Waals surface area contributed by atoms with Crippen LogP contribution in [0.15, 0.2) is 0 Å². The van der Waals surface area contributed by atoms with E-state index in [4.69, 9.17) is 38.2 Å². The molecular weight excluding hydrogens is 739 g/mol. The molecule has 1 aliphatic rings. The highest BCUT2D eigenvalue weighted by atomic mass is 31.2. The van der Waals surface area contributed by atoms with E-state index in [1.165, 1.54) is 52.4 Å². The molecule has 0 bridgehead atoms. The molecule has 19 nitrogen and oxygen atoms in total. The summed E-state index contributed by atoms with van der Waals surface area (Å²) in [5.74, 6) is -3.11. The summed E-state index contributed by atoms with van der Waals surface area (Å²) in [6.07, 6.45) is -2.12. The Morgan fingerprint density at radius 2 is 1.31 bits per heavy atom. The first-order valence-electron chi connectivity index (χ1n) is 18.8. The molecule has 9 N–H and O–H groups in total. The van der Waals surface area contributed by atoms with Crippen molar-refractivity contribution in [3.8, 4) is 0 Å². The zero-order chi connectivity index (χ0) is 40.5. The van der Waals surface area contributed by atoms with Crippen molar-refractivity contribution in [3.63, 3.8) is 0 Å². The van der Waals surface area contributed by atoms with Gasteiger partial charge in [0.05, 0.1) is 58.0 Å². The van der Waals surface area contributed by atoms with Gasteiger partial charge in [0.1, 0.15) is 37.1 Å². The Bertz CT molecular complexity index is 1080. The fourth-order valence-corrected chi connectivity index (χ4v) is 5.90. The van der Waals surface area contributed by atoms with Gasteiger partial charge in [0, 0.05) is 13.0 Å². The van der Waals surface area contributed by atoms with Gasteiger partial charge in [-0.05, 0) is 26.7 Å². The Balaban J connectivity index is 2.66. The van der Waals surface area contributed by atoms with Crippen LogP contribution >= 0.6 is 7.60 Å². The molecule has 0 radical (unpaired) electrons. The Kier molecular flexibility index (Phi) is 26.5. The van der Waals surface area contributed by atoms with Crippen LogP contribution in [-0.4, -0.2) is 167 Å². The van der Waals surface area contributed by atoms with Crippen molar-refractivity contribution in [2.24, 2.45) is 0 Å². The predicted octanol–water partition coefficient (Wildman–Crippen LogP) is -0.767. The maximum absolute atomic E-state index is 13.3. The predicted molar refractivity (Wildman–Crippen MR) is 192 cm³/mol. The summed E-state index contributed by atoms with van der Waals surface area (Å²) in [5.41, 5.74) is 0. The van der Waals surface area contributed by atoms with Gasteiger partial charge in [-0.2, -0.15) is 0 Å². The lowest BCUT2D eigenvalue weighted by atomic mass is 10.00. The second-order valence-electron chi connectivity index (χ2n) is 13.3. The zero-order valence-corrected chi connectivity index (χ0v) is 32.7. The first-order valence-corrected chi connectivity index (χ1v) is 20.6. The number of rotatable bonds is 31. The molecule has 0 aliphatic carbocycles. The highest BCUT2D eigenvalue weighted by Crippen LogP contribution is 2.35. The molecule has 0 aromatic rings. The number of aliphatic hydroxyl groups is 5. The third-order valence-corrected chi connectivity index (χ3v) is 9.46. The average molecular weight is 805 g/mol. The Morgan fingerprint density at radius 1 is 0.759 bits per heavy atom. The number of hydrogen-bond donors (Lipinski definition) is 9. The molecule has 1 aliphatic heterocycles. The van der Waals surface area contributed by atoms with Crippen LogP contribution in [0, 0.1) is 0 Å². The smallest absolute Gasteiger partial charge is 0.331 e. The van der Waals surface area contributed by atoms with Crippen LogP contribution in [-0.2, 0) is 47.4 Å². The second kappa shape index (κ2) is 28.5. The van der Waals surface area contributed by atoms with Crippen LogP contribution < -0.4 is 10.6 Å². The van der Waals surface area contributed by atoms with Crippen molar-refractivity contribution in [1.29, 1.82) is 0 Å². The number of esters is 1. The van der Waals surface area contributed by atoms with Crippen molar-refractivity contribution < 1.29 is 82.7 Å². The lowest BCUT2D eigenvalue weighted by Crippen LogP contribution is -2.61.